The normalized spacial score (nSPS) is 11.1. The standard InChI is InChI=1S/C14H12FN3S/c1-8-6-13(10(16)7-9(8)15)19-14-17-11-4-2-3-5-12(11)18-14/h2-7H,16H2,1H3,(H,17,18). The van der Waals surface area contributed by atoms with Crippen molar-refractivity contribution < 1.29 is 4.39 Å². The van der Waals surface area contributed by atoms with Gasteiger partial charge in [0.15, 0.2) is 5.16 Å². The molecule has 3 aromatic rings. The molecule has 3 nitrogen and oxygen atoms in total. The number of hydrogen-bond donors (Lipinski definition) is 2. The predicted octanol–water partition coefficient (Wildman–Crippen LogP) is 3.74. The summed E-state index contributed by atoms with van der Waals surface area (Å²) in [5.41, 5.74) is 8.71. The number of nitrogens with two attached hydrogens (primary N) is 1. The van der Waals surface area contributed by atoms with Gasteiger partial charge in [0.05, 0.1) is 11.0 Å². The molecular formula is C14H12FN3S. The molecule has 5 heteroatoms. The molecule has 0 saturated carbocycles. The lowest BCUT2D eigenvalue weighted by atomic mass is 10.2. The Morgan fingerprint density at radius 3 is 2.84 bits per heavy atom. The maximum absolute atomic E-state index is 13.4. The Morgan fingerprint density at radius 1 is 1.26 bits per heavy atom. The van der Waals surface area contributed by atoms with E-state index in [1.165, 1.54) is 17.8 Å². The third kappa shape index (κ3) is 2.29. The lowest BCUT2D eigenvalue weighted by molar-refractivity contribution is 0.618. The SMILES string of the molecule is Cc1cc(Sc2nc3ccccc3[nH]2)c(N)cc1F. The highest BCUT2D eigenvalue weighted by Crippen LogP contribution is 2.32. The van der Waals surface area contributed by atoms with Gasteiger partial charge in [0.1, 0.15) is 5.82 Å². The summed E-state index contributed by atoms with van der Waals surface area (Å²) in [6.45, 7) is 1.72. The lowest BCUT2D eigenvalue weighted by Gasteiger charge is -2.05. The maximum Gasteiger partial charge on any atom is 0.171 e. The van der Waals surface area contributed by atoms with Gasteiger partial charge in [0.2, 0.25) is 0 Å². The molecule has 0 spiro atoms. The zero-order valence-electron chi connectivity index (χ0n) is 10.3. The van der Waals surface area contributed by atoms with E-state index in [9.17, 15) is 4.39 Å². The second kappa shape index (κ2) is 4.59. The van der Waals surface area contributed by atoms with E-state index in [2.05, 4.69) is 9.97 Å². The Bertz CT molecular complexity index is 719. The predicted molar refractivity (Wildman–Crippen MR) is 75.8 cm³/mol. The molecular weight excluding hydrogens is 261 g/mol. The van der Waals surface area contributed by atoms with Crippen molar-refractivity contribution in [3.05, 3.63) is 47.8 Å². The number of aromatic amines is 1. The summed E-state index contributed by atoms with van der Waals surface area (Å²) in [6.07, 6.45) is 0. The molecule has 1 aromatic heterocycles. The first-order valence-corrected chi connectivity index (χ1v) is 6.63. The van der Waals surface area contributed by atoms with Crippen molar-refractivity contribution in [2.75, 3.05) is 5.73 Å². The summed E-state index contributed by atoms with van der Waals surface area (Å²) in [7, 11) is 0. The fraction of sp³-hybridized carbons (Fsp3) is 0.0714. The highest BCUT2D eigenvalue weighted by Gasteiger charge is 2.09. The largest absolute Gasteiger partial charge is 0.398 e. The molecule has 0 saturated heterocycles. The number of imidazole rings is 1. The summed E-state index contributed by atoms with van der Waals surface area (Å²) < 4.78 is 13.4. The van der Waals surface area contributed by atoms with Gasteiger partial charge in [-0.25, -0.2) is 9.37 Å². The number of aromatic nitrogens is 2. The van der Waals surface area contributed by atoms with Crippen molar-refractivity contribution in [3.8, 4) is 0 Å². The number of rotatable bonds is 2. The van der Waals surface area contributed by atoms with E-state index in [4.69, 9.17) is 5.73 Å². The van der Waals surface area contributed by atoms with Gasteiger partial charge in [0, 0.05) is 10.6 Å². The molecule has 2 aromatic carbocycles. The van der Waals surface area contributed by atoms with Crippen molar-refractivity contribution in [1.82, 2.24) is 9.97 Å². The molecule has 0 amide bonds. The Kier molecular flexibility index (Phi) is 2.91. The van der Waals surface area contributed by atoms with Crippen LogP contribution < -0.4 is 5.73 Å². The van der Waals surface area contributed by atoms with Crippen molar-refractivity contribution in [2.24, 2.45) is 0 Å². The third-order valence-corrected chi connectivity index (χ3v) is 3.83. The molecule has 0 atom stereocenters. The van der Waals surface area contributed by atoms with E-state index < -0.39 is 0 Å². The number of aryl methyl sites for hydroxylation is 1. The number of hydrogen-bond acceptors (Lipinski definition) is 3. The number of para-hydroxylation sites is 2. The van der Waals surface area contributed by atoms with Crippen LogP contribution in [-0.2, 0) is 0 Å². The van der Waals surface area contributed by atoms with Gasteiger partial charge in [-0.05, 0) is 48.5 Å². The van der Waals surface area contributed by atoms with E-state index in [0.29, 0.717) is 11.3 Å². The van der Waals surface area contributed by atoms with Crippen LogP contribution in [0.1, 0.15) is 5.56 Å². The van der Waals surface area contributed by atoms with Crippen LogP contribution in [0.4, 0.5) is 10.1 Å². The van der Waals surface area contributed by atoms with Gasteiger partial charge < -0.3 is 10.7 Å². The van der Waals surface area contributed by atoms with Gasteiger partial charge in [0.25, 0.3) is 0 Å². The first-order valence-electron chi connectivity index (χ1n) is 5.82. The smallest absolute Gasteiger partial charge is 0.171 e. The minimum absolute atomic E-state index is 0.286. The first-order chi connectivity index (χ1) is 9.13. The average molecular weight is 273 g/mol. The summed E-state index contributed by atoms with van der Waals surface area (Å²) >= 11 is 1.40. The highest BCUT2D eigenvalue weighted by atomic mass is 32.2. The van der Waals surface area contributed by atoms with Gasteiger partial charge in [-0.3, -0.25) is 0 Å². The number of nitrogens with zero attached hydrogens (tertiary/aromatic N) is 1. The van der Waals surface area contributed by atoms with Gasteiger partial charge >= 0.3 is 0 Å². The van der Waals surface area contributed by atoms with E-state index in [1.807, 2.05) is 24.3 Å². The quantitative estimate of drug-likeness (QED) is 0.699. The molecule has 96 valence electrons. The number of nitrogen functional groups attached to an aromatic ring is 1. The number of benzene rings is 2. The average Bonchev–Trinajstić information content (AvgIpc) is 2.78. The summed E-state index contributed by atoms with van der Waals surface area (Å²) in [4.78, 5) is 8.47. The first kappa shape index (κ1) is 12.0. The van der Waals surface area contributed by atoms with Crippen LogP contribution in [0.5, 0.6) is 0 Å². The van der Waals surface area contributed by atoms with Gasteiger partial charge in [-0.1, -0.05) is 12.1 Å². The van der Waals surface area contributed by atoms with Crippen LogP contribution in [0.15, 0.2) is 46.5 Å². The number of H-pyrrole nitrogens is 1. The minimum atomic E-state index is -0.286. The minimum Gasteiger partial charge on any atom is -0.398 e. The zero-order valence-corrected chi connectivity index (χ0v) is 11.1. The molecule has 3 N–H and O–H groups in total. The summed E-state index contributed by atoms with van der Waals surface area (Å²) in [5, 5.41) is 0.749. The fourth-order valence-electron chi connectivity index (χ4n) is 1.84. The van der Waals surface area contributed by atoms with Crippen LogP contribution >= 0.6 is 11.8 Å². The molecule has 3 rings (SSSR count). The Hall–Kier alpha value is -2.01. The van der Waals surface area contributed by atoms with Crippen molar-refractivity contribution >= 4 is 28.5 Å². The monoisotopic (exact) mass is 273 g/mol. The number of halogens is 1. The van der Waals surface area contributed by atoms with Crippen LogP contribution in [0.2, 0.25) is 0 Å². The van der Waals surface area contributed by atoms with Gasteiger partial charge in [-0.15, -0.1) is 0 Å². The van der Waals surface area contributed by atoms with Crippen LogP contribution in [0.3, 0.4) is 0 Å². The van der Waals surface area contributed by atoms with E-state index in [1.54, 1.807) is 13.0 Å². The van der Waals surface area contributed by atoms with Crippen LogP contribution in [-0.4, -0.2) is 9.97 Å². The summed E-state index contributed by atoms with van der Waals surface area (Å²) in [5.74, 6) is -0.286. The number of nitrogens with one attached hydrogen (secondary N) is 1. The Balaban J connectivity index is 1.98. The Labute approximate surface area is 114 Å². The van der Waals surface area contributed by atoms with E-state index >= 15 is 0 Å². The molecule has 0 bridgehead atoms. The molecule has 1 heterocycles. The summed E-state index contributed by atoms with van der Waals surface area (Å²) in [6, 6.07) is 10.9. The molecule has 0 aliphatic rings. The number of anilines is 1. The molecule has 0 aliphatic carbocycles. The highest BCUT2D eigenvalue weighted by molar-refractivity contribution is 7.99. The second-order valence-electron chi connectivity index (χ2n) is 4.30. The van der Waals surface area contributed by atoms with Crippen molar-refractivity contribution in [1.29, 1.82) is 0 Å². The zero-order chi connectivity index (χ0) is 13.4. The number of fused-ring (bicyclic) bond motifs is 1. The molecule has 0 fully saturated rings. The molecule has 19 heavy (non-hydrogen) atoms. The van der Waals surface area contributed by atoms with Crippen LogP contribution in [0.25, 0.3) is 11.0 Å². The second-order valence-corrected chi connectivity index (χ2v) is 5.33. The Morgan fingerprint density at radius 2 is 2.05 bits per heavy atom. The van der Waals surface area contributed by atoms with E-state index in [0.717, 1.165) is 21.1 Å². The molecule has 0 unspecified atom stereocenters. The van der Waals surface area contributed by atoms with Gasteiger partial charge in [-0.2, -0.15) is 0 Å². The fourth-order valence-corrected chi connectivity index (χ4v) is 2.77. The third-order valence-electron chi connectivity index (χ3n) is 2.87. The van der Waals surface area contributed by atoms with Crippen LogP contribution in [0, 0.1) is 12.7 Å². The van der Waals surface area contributed by atoms with Crippen molar-refractivity contribution in [3.63, 3.8) is 0 Å². The lowest BCUT2D eigenvalue weighted by Crippen LogP contribution is -1.93. The van der Waals surface area contributed by atoms with E-state index in [-0.39, 0.29) is 5.82 Å². The topological polar surface area (TPSA) is 54.7 Å². The molecule has 0 radical (unpaired) electrons. The molecule has 0 aliphatic heterocycles. The maximum atomic E-state index is 13.4. The van der Waals surface area contributed by atoms with Crippen molar-refractivity contribution in [2.45, 2.75) is 17.0 Å².